The van der Waals surface area contributed by atoms with Gasteiger partial charge in [-0.2, -0.15) is 0 Å². The minimum Gasteiger partial charge on any atom is -0.461 e. The smallest absolute Gasteiger partial charge is 0.323 e. The Bertz CT molecular complexity index is 224. The zero-order valence-corrected chi connectivity index (χ0v) is 9.50. The molecule has 86 valence electrons. The topological polar surface area (TPSA) is 38.3 Å². The van der Waals surface area contributed by atoms with E-state index in [-0.39, 0.29) is 18.1 Å². The van der Waals surface area contributed by atoms with Crippen LogP contribution in [0.2, 0.25) is 0 Å². The second kappa shape index (κ2) is 4.97. The molecule has 1 N–H and O–H groups in total. The molecular weight excluding hydrogens is 190 g/mol. The van der Waals surface area contributed by atoms with Crippen LogP contribution in [0.25, 0.3) is 0 Å². The minimum absolute atomic E-state index is 0.0194. The van der Waals surface area contributed by atoms with Gasteiger partial charge in [0.05, 0.1) is 0 Å². The highest BCUT2D eigenvalue weighted by molar-refractivity contribution is 5.76. The van der Waals surface area contributed by atoms with Crippen LogP contribution in [0.5, 0.6) is 0 Å². The molecular formula is C12H21NO2. The Morgan fingerprint density at radius 2 is 1.93 bits per heavy atom. The van der Waals surface area contributed by atoms with Gasteiger partial charge in [0.1, 0.15) is 12.1 Å². The van der Waals surface area contributed by atoms with Crippen LogP contribution in [0.1, 0.15) is 45.4 Å². The number of piperidine rings is 1. The number of nitrogens with one attached hydrogen (secondary N) is 1. The van der Waals surface area contributed by atoms with Crippen molar-refractivity contribution < 1.29 is 9.53 Å². The summed E-state index contributed by atoms with van der Waals surface area (Å²) in [6.07, 6.45) is 7.07. The highest BCUT2D eigenvalue weighted by Gasteiger charge is 2.31. The zero-order valence-electron chi connectivity index (χ0n) is 9.50. The van der Waals surface area contributed by atoms with E-state index in [1.165, 1.54) is 19.3 Å². The van der Waals surface area contributed by atoms with Crippen LogP contribution in [-0.4, -0.2) is 24.7 Å². The molecule has 1 saturated carbocycles. The molecule has 3 heteroatoms. The summed E-state index contributed by atoms with van der Waals surface area (Å²) in [5.41, 5.74) is 0. The van der Waals surface area contributed by atoms with Crippen molar-refractivity contribution in [2.24, 2.45) is 5.92 Å². The van der Waals surface area contributed by atoms with Gasteiger partial charge in [0, 0.05) is 0 Å². The second-order valence-electron chi connectivity index (χ2n) is 4.89. The molecule has 3 nitrogen and oxygen atoms in total. The van der Waals surface area contributed by atoms with Gasteiger partial charge in [0.2, 0.25) is 0 Å². The lowest BCUT2D eigenvalue weighted by molar-refractivity contribution is -0.153. The van der Waals surface area contributed by atoms with Crippen molar-refractivity contribution in [1.29, 1.82) is 0 Å². The predicted molar refractivity (Wildman–Crippen MR) is 58.5 cm³/mol. The average molecular weight is 211 g/mol. The highest BCUT2D eigenvalue weighted by Crippen LogP contribution is 2.23. The van der Waals surface area contributed by atoms with E-state index >= 15 is 0 Å². The Kier molecular flexibility index (Phi) is 3.62. The number of carbonyl (C=O) groups excluding carboxylic acids is 1. The van der Waals surface area contributed by atoms with E-state index in [2.05, 4.69) is 12.2 Å². The van der Waals surface area contributed by atoms with Gasteiger partial charge < -0.3 is 10.1 Å². The van der Waals surface area contributed by atoms with Gasteiger partial charge in [0.15, 0.2) is 0 Å². The predicted octanol–water partition coefficient (Wildman–Crippen LogP) is 1.86. The fraction of sp³-hybridized carbons (Fsp3) is 0.917. The molecule has 2 rings (SSSR count). The Labute approximate surface area is 91.6 Å². The highest BCUT2D eigenvalue weighted by atomic mass is 16.5. The number of hydrogen-bond donors (Lipinski definition) is 1. The second-order valence-corrected chi connectivity index (χ2v) is 4.89. The van der Waals surface area contributed by atoms with E-state index in [4.69, 9.17) is 4.74 Å². The molecule has 1 aliphatic heterocycles. The van der Waals surface area contributed by atoms with Crippen molar-refractivity contribution in [2.45, 2.75) is 57.6 Å². The lowest BCUT2D eigenvalue weighted by Gasteiger charge is -2.29. The molecule has 0 bridgehead atoms. The third-order valence-electron chi connectivity index (χ3n) is 3.61. The fourth-order valence-corrected chi connectivity index (χ4v) is 2.61. The fourth-order valence-electron chi connectivity index (χ4n) is 2.61. The number of hydrogen-bond acceptors (Lipinski definition) is 3. The molecule has 1 aliphatic carbocycles. The SMILES string of the molecule is CC1CCCNC1C(=O)OC1CCCC1. The van der Waals surface area contributed by atoms with Crippen LogP contribution in [0.4, 0.5) is 0 Å². The molecule has 2 unspecified atom stereocenters. The molecule has 0 aromatic rings. The van der Waals surface area contributed by atoms with E-state index in [0.29, 0.717) is 5.92 Å². The first-order valence-electron chi connectivity index (χ1n) is 6.21. The first kappa shape index (κ1) is 10.9. The van der Waals surface area contributed by atoms with Crippen molar-refractivity contribution >= 4 is 5.97 Å². The van der Waals surface area contributed by atoms with E-state index in [9.17, 15) is 4.79 Å². The van der Waals surface area contributed by atoms with Gasteiger partial charge in [-0.25, -0.2) is 0 Å². The summed E-state index contributed by atoms with van der Waals surface area (Å²) in [5.74, 6) is 0.404. The molecule has 2 fully saturated rings. The molecule has 2 aliphatic rings. The first-order chi connectivity index (χ1) is 7.27. The van der Waals surface area contributed by atoms with Crippen LogP contribution in [0, 0.1) is 5.92 Å². The van der Waals surface area contributed by atoms with Gasteiger partial charge in [-0.1, -0.05) is 6.92 Å². The van der Waals surface area contributed by atoms with Crippen molar-refractivity contribution in [3.05, 3.63) is 0 Å². The van der Waals surface area contributed by atoms with Gasteiger partial charge >= 0.3 is 5.97 Å². The third kappa shape index (κ3) is 2.71. The van der Waals surface area contributed by atoms with E-state index in [1.807, 2.05) is 0 Å². The Morgan fingerprint density at radius 1 is 1.20 bits per heavy atom. The van der Waals surface area contributed by atoms with Crippen LogP contribution in [0.3, 0.4) is 0 Å². The quantitative estimate of drug-likeness (QED) is 0.708. The van der Waals surface area contributed by atoms with E-state index in [1.54, 1.807) is 0 Å². The summed E-state index contributed by atoms with van der Waals surface area (Å²) < 4.78 is 5.52. The third-order valence-corrected chi connectivity index (χ3v) is 3.61. The van der Waals surface area contributed by atoms with Crippen molar-refractivity contribution in [2.75, 3.05) is 6.54 Å². The minimum atomic E-state index is -0.0562. The van der Waals surface area contributed by atoms with Crippen molar-refractivity contribution in [3.63, 3.8) is 0 Å². The van der Waals surface area contributed by atoms with Gasteiger partial charge in [0.25, 0.3) is 0 Å². The summed E-state index contributed by atoms with van der Waals surface area (Å²) in [7, 11) is 0. The molecule has 0 aromatic carbocycles. The van der Waals surface area contributed by atoms with Crippen LogP contribution in [-0.2, 0) is 9.53 Å². The zero-order chi connectivity index (χ0) is 10.7. The van der Waals surface area contributed by atoms with Crippen molar-refractivity contribution in [1.82, 2.24) is 5.32 Å². The van der Waals surface area contributed by atoms with Gasteiger partial charge in [-0.15, -0.1) is 0 Å². The van der Waals surface area contributed by atoms with Gasteiger partial charge in [-0.05, 0) is 51.0 Å². The average Bonchev–Trinajstić information content (AvgIpc) is 2.71. The molecule has 0 spiro atoms. The largest absolute Gasteiger partial charge is 0.461 e. The maximum atomic E-state index is 11.9. The molecule has 0 amide bonds. The lowest BCUT2D eigenvalue weighted by Crippen LogP contribution is -2.47. The number of carbonyl (C=O) groups is 1. The number of esters is 1. The van der Waals surface area contributed by atoms with Crippen LogP contribution < -0.4 is 5.32 Å². The Balaban J connectivity index is 1.83. The van der Waals surface area contributed by atoms with Crippen molar-refractivity contribution in [3.8, 4) is 0 Å². The van der Waals surface area contributed by atoms with Crippen LogP contribution >= 0.6 is 0 Å². The van der Waals surface area contributed by atoms with Gasteiger partial charge in [-0.3, -0.25) is 4.79 Å². The maximum Gasteiger partial charge on any atom is 0.323 e. The number of ether oxygens (including phenoxy) is 1. The monoisotopic (exact) mass is 211 g/mol. The summed E-state index contributed by atoms with van der Waals surface area (Å²) in [6, 6.07) is -0.0562. The molecule has 0 aromatic heterocycles. The van der Waals surface area contributed by atoms with Crippen LogP contribution in [0.15, 0.2) is 0 Å². The summed E-state index contributed by atoms with van der Waals surface area (Å²) in [6.45, 7) is 3.08. The standard InChI is InChI=1S/C12H21NO2/c1-9-5-4-8-13-11(9)12(14)15-10-6-2-3-7-10/h9-11,13H,2-8H2,1H3. The maximum absolute atomic E-state index is 11.9. The Morgan fingerprint density at radius 3 is 2.60 bits per heavy atom. The lowest BCUT2D eigenvalue weighted by atomic mass is 9.93. The molecule has 1 saturated heterocycles. The molecule has 1 heterocycles. The first-order valence-corrected chi connectivity index (χ1v) is 6.21. The summed E-state index contributed by atoms with van der Waals surface area (Å²) >= 11 is 0. The summed E-state index contributed by atoms with van der Waals surface area (Å²) in [4.78, 5) is 11.9. The normalized spacial score (nSPS) is 32.9. The molecule has 0 radical (unpaired) electrons. The summed E-state index contributed by atoms with van der Waals surface area (Å²) in [5, 5.41) is 3.27. The number of rotatable bonds is 2. The molecule has 15 heavy (non-hydrogen) atoms. The molecule has 2 atom stereocenters. The Hall–Kier alpha value is -0.570. The van der Waals surface area contributed by atoms with E-state index in [0.717, 1.165) is 25.8 Å². The van der Waals surface area contributed by atoms with E-state index < -0.39 is 0 Å².